The van der Waals surface area contributed by atoms with Crippen LogP contribution in [0.2, 0.25) is 0 Å². The van der Waals surface area contributed by atoms with Crippen LogP contribution in [-0.4, -0.2) is 31.6 Å². The lowest BCUT2D eigenvalue weighted by Crippen LogP contribution is -2.27. The van der Waals surface area contributed by atoms with Gasteiger partial charge in [0.2, 0.25) is 0 Å². The molecule has 0 aliphatic heterocycles. The molecule has 0 bridgehead atoms. The Kier molecular flexibility index (Phi) is 6.95. The zero-order chi connectivity index (χ0) is 14.3. The second kappa shape index (κ2) is 8.23. The first kappa shape index (κ1) is 16.1. The molecule has 0 aliphatic rings. The predicted octanol–water partition coefficient (Wildman–Crippen LogP) is 3.35. The van der Waals surface area contributed by atoms with E-state index in [1.54, 1.807) is 0 Å². The van der Waals surface area contributed by atoms with Crippen molar-refractivity contribution < 1.29 is 8.78 Å². The number of hydrogen-bond donors (Lipinski definition) is 1. The van der Waals surface area contributed by atoms with Crippen LogP contribution in [0.25, 0.3) is 0 Å². The normalized spacial score (nSPS) is 12.9. The van der Waals surface area contributed by atoms with Gasteiger partial charge >= 0.3 is 0 Å². The Labute approximate surface area is 114 Å². The van der Waals surface area contributed by atoms with Gasteiger partial charge in [-0.15, -0.1) is 0 Å². The Morgan fingerprint density at radius 1 is 1.11 bits per heavy atom. The SMILES string of the molecule is CCCN(C)CCC(NCC)c1cc(F)cc(F)c1. The summed E-state index contributed by atoms with van der Waals surface area (Å²) in [6.45, 7) is 6.86. The third-order valence-electron chi connectivity index (χ3n) is 3.14. The molecule has 108 valence electrons. The van der Waals surface area contributed by atoms with Crippen LogP contribution in [0.4, 0.5) is 8.78 Å². The molecule has 1 rings (SSSR count). The molecule has 1 N–H and O–H groups in total. The van der Waals surface area contributed by atoms with Gasteiger partial charge in [-0.05, 0) is 57.2 Å². The molecule has 1 aromatic rings. The summed E-state index contributed by atoms with van der Waals surface area (Å²) in [5, 5.41) is 3.29. The third kappa shape index (κ3) is 5.66. The van der Waals surface area contributed by atoms with Gasteiger partial charge in [0.1, 0.15) is 11.6 Å². The number of nitrogens with one attached hydrogen (secondary N) is 1. The smallest absolute Gasteiger partial charge is 0.126 e. The molecule has 1 unspecified atom stereocenters. The van der Waals surface area contributed by atoms with Gasteiger partial charge in [0, 0.05) is 12.1 Å². The summed E-state index contributed by atoms with van der Waals surface area (Å²) in [5.74, 6) is -1.03. The Balaban J connectivity index is 2.70. The minimum absolute atomic E-state index is 0.00509. The molecule has 4 heteroatoms. The summed E-state index contributed by atoms with van der Waals surface area (Å²) in [6.07, 6.45) is 1.95. The molecular formula is C15H24F2N2. The van der Waals surface area contributed by atoms with Gasteiger partial charge in [0.05, 0.1) is 0 Å². The topological polar surface area (TPSA) is 15.3 Å². The monoisotopic (exact) mass is 270 g/mol. The summed E-state index contributed by atoms with van der Waals surface area (Å²) < 4.78 is 26.5. The summed E-state index contributed by atoms with van der Waals surface area (Å²) >= 11 is 0. The van der Waals surface area contributed by atoms with E-state index in [2.05, 4.69) is 24.2 Å². The Bertz CT molecular complexity index is 362. The molecule has 1 atom stereocenters. The van der Waals surface area contributed by atoms with Crippen molar-refractivity contribution in [2.75, 3.05) is 26.7 Å². The van der Waals surface area contributed by atoms with Crippen molar-refractivity contribution in [3.05, 3.63) is 35.4 Å². The third-order valence-corrected chi connectivity index (χ3v) is 3.14. The Morgan fingerprint density at radius 3 is 2.26 bits per heavy atom. The average molecular weight is 270 g/mol. The van der Waals surface area contributed by atoms with Crippen molar-refractivity contribution in [1.82, 2.24) is 10.2 Å². The van der Waals surface area contributed by atoms with E-state index in [9.17, 15) is 8.78 Å². The van der Waals surface area contributed by atoms with E-state index in [0.717, 1.165) is 38.5 Å². The van der Waals surface area contributed by atoms with E-state index in [4.69, 9.17) is 0 Å². The number of nitrogens with zero attached hydrogens (tertiary/aromatic N) is 1. The Morgan fingerprint density at radius 2 is 1.74 bits per heavy atom. The molecule has 0 fully saturated rings. The second-order valence-corrected chi connectivity index (χ2v) is 4.90. The van der Waals surface area contributed by atoms with Crippen molar-refractivity contribution in [2.45, 2.75) is 32.7 Å². The first-order valence-corrected chi connectivity index (χ1v) is 6.94. The van der Waals surface area contributed by atoms with Crippen LogP contribution in [-0.2, 0) is 0 Å². The van der Waals surface area contributed by atoms with E-state index < -0.39 is 11.6 Å². The summed E-state index contributed by atoms with van der Waals surface area (Å²) in [7, 11) is 2.07. The van der Waals surface area contributed by atoms with Crippen LogP contribution < -0.4 is 5.32 Å². The maximum absolute atomic E-state index is 13.3. The molecule has 1 aromatic carbocycles. The van der Waals surface area contributed by atoms with Crippen molar-refractivity contribution in [3.8, 4) is 0 Å². The zero-order valence-electron chi connectivity index (χ0n) is 12.0. The second-order valence-electron chi connectivity index (χ2n) is 4.90. The molecule has 0 radical (unpaired) electrons. The van der Waals surface area contributed by atoms with E-state index in [1.807, 2.05) is 6.92 Å². The molecule has 2 nitrogen and oxygen atoms in total. The van der Waals surface area contributed by atoms with E-state index in [1.165, 1.54) is 12.1 Å². The van der Waals surface area contributed by atoms with Gasteiger partial charge in [-0.3, -0.25) is 0 Å². The van der Waals surface area contributed by atoms with Gasteiger partial charge in [0.25, 0.3) is 0 Å². The molecule has 0 aromatic heterocycles. The minimum atomic E-state index is -0.514. The van der Waals surface area contributed by atoms with Crippen LogP contribution in [0.3, 0.4) is 0 Å². The molecule has 0 saturated heterocycles. The fourth-order valence-corrected chi connectivity index (χ4v) is 2.25. The van der Waals surface area contributed by atoms with Crippen molar-refractivity contribution >= 4 is 0 Å². The number of rotatable bonds is 8. The average Bonchev–Trinajstić information content (AvgIpc) is 2.33. The van der Waals surface area contributed by atoms with Gasteiger partial charge in [0.15, 0.2) is 0 Å². The van der Waals surface area contributed by atoms with Gasteiger partial charge in [-0.25, -0.2) is 8.78 Å². The highest BCUT2D eigenvalue weighted by molar-refractivity contribution is 5.21. The maximum Gasteiger partial charge on any atom is 0.126 e. The zero-order valence-corrected chi connectivity index (χ0v) is 12.0. The predicted molar refractivity (Wildman–Crippen MR) is 75.2 cm³/mol. The maximum atomic E-state index is 13.3. The molecule has 0 spiro atoms. The van der Waals surface area contributed by atoms with Crippen molar-refractivity contribution in [1.29, 1.82) is 0 Å². The first-order valence-electron chi connectivity index (χ1n) is 6.94. The summed E-state index contributed by atoms with van der Waals surface area (Å²) in [5.41, 5.74) is 0.684. The fourth-order valence-electron chi connectivity index (χ4n) is 2.25. The largest absolute Gasteiger partial charge is 0.310 e. The molecule has 0 heterocycles. The lowest BCUT2D eigenvalue weighted by Gasteiger charge is -2.22. The lowest BCUT2D eigenvalue weighted by molar-refractivity contribution is 0.308. The lowest BCUT2D eigenvalue weighted by atomic mass is 10.0. The summed E-state index contributed by atoms with van der Waals surface area (Å²) in [6, 6.07) is 3.73. The molecule has 0 aliphatic carbocycles. The highest BCUT2D eigenvalue weighted by atomic mass is 19.1. The van der Waals surface area contributed by atoms with Crippen LogP contribution in [0.5, 0.6) is 0 Å². The standard InChI is InChI=1S/C15H24F2N2/c1-4-7-19(3)8-6-15(18-5-2)12-9-13(16)11-14(17)10-12/h9-11,15,18H,4-8H2,1-3H3. The highest BCUT2D eigenvalue weighted by Gasteiger charge is 2.13. The van der Waals surface area contributed by atoms with Crippen LogP contribution in [0, 0.1) is 11.6 Å². The molecule has 0 amide bonds. The fraction of sp³-hybridized carbons (Fsp3) is 0.600. The van der Waals surface area contributed by atoms with Crippen molar-refractivity contribution in [2.24, 2.45) is 0 Å². The minimum Gasteiger partial charge on any atom is -0.310 e. The molecule has 0 saturated carbocycles. The summed E-state index contributed by atoms with van der Waals surface area (Å²) in [4.78, 5) is 2.24. The van der Waals surface area contributed by atoms with E-state index in [0.29, 0.717) is 5.56 Å². The van der Waals surface area contributed by atoms with Crippen LogP contribution in [0.1, 0.15) is 38.3 Å². The highest BCUT2D eigenvalue weighted by Crippen LogP contribution is 2.19. The van der Waals surface area contributed by atoms with Crippen LogP contribution in [0.15, 0.2) is 18.2 Å². The van der Waals surface area contributed by atoms with Gasteiger partial charge < -0.3 is 10.2 Å². The van der Waals surface area contributed by atoms with Gasteiger partial charge in [-0.2, -0.15) is 0 Å². The van der Waals surface area contributed by atoms with E-state index >= 15 is 0 Å². The Hall–Kier alpha value is -1.00. The number of hydrogen-bond acceptors (Lipinski definition) is 2. The molecular weight excluding hydrogens is 246 g/mol. The van der Waals surface area contributed by atoms with Crippen molar-refractivity contribution in [3.63, 3.8) is 0 Å². The molecule has 19 heavy (non-hydrogen) atoms. The van der Waals surface area contributed by atoms with Gasteiger partial charge in [-0.1, -0.05) is 13.8 Å². The number of halogens is 2. The van der Waals surface area contributed by atoms with Crippen LogP contribution >= 0.6 is 0 Å². The van der Waals surface area contributed by atoms with E-state index in [-0.39, 0.29) is 6.04 Å². The first-order chi connectivity index (χ1) is 9.06. The quantitative estimate of drug-likeness (QED) is 0.779. The number of benzene rings is 1.